The number of urea groups is 2. The van der Waals surface area contributed by atoms with Crippen molar-refractivity contribution in [2.24, 2.45) is 0 Å². The van der Waals surface area contributed by atoms with Crippen LogP contribution in [0.1, 0.15) is 0 Å². The Kier molecular flexibility index (Phi) is 7.91. The number of benzene rings is 2. The van der Waals surface area contributed by atoms with Crippen molar-refractivity contribution in [1.29, 1.82) is 0 Å². The molecule has 0 atom stereocenters. The van der Waals surface area contributed by atoms with E-state index in [0.717, 1.165) is 11.9 Å². The van der Waals surface area contributed by atoms with Gasteiger partial charge in [-0.2, -0.15) is 8.78 Å². The van der Waals surface area contributed by atoms with Crippen LogP contribution in [0.25, 0.3) is 0 Å². The summed E-state index contributed by atoms with van der Waals surface area (Å²) in [5, 5.41) is 7.44. The van der Waals surface area contributed by atoms with Gasteiger partial charge in [0.25, 0.3) is 0 Å². The van der Waals surface area contributed by atoms with Crippen molar-refractivity contribution < 1.29 is 31.9 Å². The van der Waals surface area contributed by atoms with E-state index in [0.29, 0.717) is 37.9 Å². The van der Waals surface area contributed by atoms with Gasteiger partial charge in [0, 0.05) is 43.6 Å². The Hall–Kier alpha value is -4.55. The number of hydrogen-bond donors (Lipinski definition) is 3. The topological polar surface area (TPSA) is 98.8 Å². The molecule has 0 bridgehead atoms. The molecule has 2 heterocycles. The number of carbonyl (C=O) groups is 2. The maximum Gasteiger partial charge on any atom is 0.387 e. The maximum atomic E-state index is 13.7. The van der Waals surface area contributed by atoms with E-state index < -0.39 is 30.3 Å². The van der Waals surface area contributed by atoms with Crippen LogP contribution in [0.3, 0.4) is 0 Å². The molecule has 0 radical (unpaired) electrons. The molecule has 4 rings (SSSR count). The highest BCUT2D eigenvalue weighted by Gasteiger charge is 2.22. The zero-order valence-corrected chi connectivity index (χ0v) is 19.3. The van der Waals surface area contributed by atoms with Crippen LogP contribution in [-0.4, -0.2) is 54.7 Å². The largest absolute Gasteiger partial charge is 0.433 e. The van der Waals surface area contributed by atoms with E-state index in [1.807, 2.05) is 4.90 Å². The number of rotatable bonds is 6. The van der Waals surface area contributed by atoms with E-state index in [4.69, 9.17) is 0 Å². The number of pyridine rings is 1. The number of halogens is 4. The summed E-state index contributed by atoms with van der Waals surface area (Å²) in [7, 11) is 0. The summed E-state index contributed by atoms with van der Waals surface area (Å²) in [4.78, 5) is 31.8. The molecule has 1 saturated heterocycles. The van der Waals surface area contributed by atoms with Gasteiger partial charge >= 0.3 is 18.7 Å². The third-order valence-electron chi connectivity index (χ3n) is 5.44. The minimum absolute atomic E-state index is 0.0942. The Morgan fingerprint density at radius 3 is 2.30 bits per heavy atom. The Morgan fingerprint density at radius 1 is 0.919 bits per heavy atom. The van der Waals surface area contributed by atoms with Gasteiger partial charge in [-0.3, -0.25) is 5.32 Å². The number of piperazine rings is 1. The fraction of sp³-hybridized carbons (Fsp3) is 0.208. The highest BCUT2D eigenvalue weighted by molar-refractivity contribution is 6.00. The lowest BCUT2D eigenvalue weighted by atomic mass is 10.2. The second-order valence-electron chi connectivity index (χ2n) is 7.89. The second-order valence-corrected chi connectivity index (χ2v) is 7.89. The summed E-state index contributed by atoms with van der Waals surface area (Å²) >= 11 is 0. The Balaban J connectivity index is 1.28. The van der Waals surface area contributed by atoms with E-state index in [1.165, 1.54) is 23.1 Å². The molecule has 0 spiro atoms. The van der Waals surface area contributed by atoms with Crippen molar-refractivity contribution in [2.45, 2.75) is 6.61 Å². The Morgan fingerprint density at radius 2 is 1.62 bits per heavy atom. The van der Waals surface area contributed by atoms with Gasteiger partial charge in [-0.1, -0.05) is 12.1 Å². The highest BCUT2D eigenvalue weighted by Crippen LogP contribution is 2.26. The first-order valence-corrected chi connectivity index (χ1v) is 11.1. The smallest absolute Gasteiger partial charge is 0.387 e. The van der Waals surface area contributed by atoms with Gasteiger partial charge < -0.3 is 25.2 Å². The standard InChI is InChI=1S/C24H22F4N6O3/c25-15-13-18(26)21(29-14-15)32-24(36)34-11-9-33(10-12-34)17-7-5-16(6-8-17)30-23(35)31-19-3-1-2-4-20(19)37-22(27)28/h1-8,13-14,22H,9-12H2,(H,29,32,36)(H2,30,31,35). The zero-order chi connectivity index (χ0) is 26.4. The molecule has 1 aliphatic heterocycles. The lowest BCUT2D eigenvalue weighted by molar-refractivity contribution is -0.0493. The first-order valence-electron chi connectivity index (χ1n) is 11.1. The fourth-order valence-corrected chi connectivity index (χ4v) is 3.66. The number of carbonyl (C=O) groups excluding carboxylic acids is 2. The molecule has 1 fully saturated rings. The highest BCUT2D eigenvalue weighted by atomic mass is 19.3. The summed E-state index contributed by atoms with van der Waals surface area (Å²) in [5.41, 5.74) is 1.42. The molecule has 9 nitrogen and oxygen atoms in total. The molecule has 0 unspecified atom stereocenters. The molecular weight excluding hydrogens is 496 g/mol. The number of nitrogens with one attached hydrogen (secondary N) is 3. The van der Waals surface area contributed by atoms with Crippen LogP contribution in [0.15, 0.2) is 60.8 Å². The number of amides is 4. The van der Waals surface area contributed by atoms with Gasteiger partial charge in [-0.15, -0.1) is 0 Å². The molecule has 2 aromatic carbocycles. The summed E-state index contributed by atoms with van der Waals surface area (Å²) in [6.45, 7) is -1.31. The number of para-hydroxylation sites is 2. The number of anilines is 4. The van der Waals surface area contributed by atoms with Gasteiger partial charge in [0.15, 0.2) is 11.6 Å². The lowest BCUT2D eigenvalue weighted by Crippen LogP contribution is -2.50. The van der Waals surface area contributed by atoms with E-state index in [-0.39, 0.29) is 17.3 Å². The predicted octanol–water partition coefficient (Wildman–Crippen LogP) is 4.96. The minimum Gasteiger partial charge on any atom is -0.433 e. The van der Waals surface area contributed by atoms with Crippen molar-refractivity contribution in [3.63, 3.8) is 0 Å². The summed E-state index contributed by atoms with van der Waals surface area (Å²) < 4.78 is 56.2. The summed E-state index contributed by atoms with van der Waals surface area (Å²) in [5.74, 6) is -2.29. The van der Waals surface area contributed by atoms with Gasteiger partial charge in [0.1, 0.15) is 11.6 Å². The molecule has 1 aliphatic rings. The van der Waals surface area contributed by atoms with Crippen molar-refractivity contribution in [3.8, 4) is 5.75 Å². The monoisotopic (exact) mass is 518 g/mol. The van der Waals surface area contributed by atoms with Crippen LogP contribution < -0.4 is 25.6 Å². The third kappa shape index (κ3) is 6.78. The zero-order valence-electron chi connectivity index (χ0n) is 19.3. The summed E-state index contributed by atoms with van der Waals surface area (Å²) in [6, 6.07) is 12.2. The molecule has 13 heteroatoms. The molecule has 3 aromatic rings. The van der Waals surface area contributed by atoms with Crippen LogP contribution in [-0.2, 0) is 0 Å². The molecule has 3 N–H and O–H groups in total. The Bertz CT molecular complexity index is 1250. The number of hydrogen-bond acceptors (Lipinski definition) is 5. The normalized spacial score (nSPS) is 13.3. The number of aromatic nitrogens is 1. The Labute approximate surface area is 209 Å². The van der Waals surface area contributed by atoms with Crippen LogP contribution in [0.5, 0.6) is 5.75 Å². The molecule has 1 aromatic heterocycles. The third-order valence-corrected chi connectivity index (χ3v) is 5.44. The van der Waals surface area contributed by atoms with E-state index in [1.54, 1.807) is 30.3 Å². The molecule has 194 valence electrons. The van der Waals surface area contributed by atoms with Crippen LogP contribution in [0.2, 0.25) is 0 Å². The SMILES string of the molecule is O=C(Nc1ccc(N2CCN(C(=O)Nc3ncc(F)cc3F)CC2)cc1)Nc1ccccc1OC(F)F. The minimum atomic E-state index is -3.02. The van der Waals surface area contributed by atoms with Crippen LogP contribution in [0, 0.1) is 11.6 Å². The second kappa shape index (κ2) is 11.5. The molecule has 4 amide bonds. The maximum absolute atomic E-state index is 13.7. The van der Waals surface area contributed by atoms with Crippen LogP contribution >= 0.6 is 0 Å². The first kappa shape index (κ1) is 25.5. The van der Waals surface area contributed by atoms with Crippen molar-refractivity contribution in [1.82, 2.24) is 9.88 Å². The number of ether oxygens (including phenoxy) is 1. The van der Waals surface area contributed by atoms with E-state index in [9.17, 15) is 27.2 Å². The lowest BCUT2D eigenvalue weighted by Gasteiger charge is -2.36. The molecule has 0 saturated carbocycles. The first-order chi connectivity index (χ1) is 17.8. The van der Waals surface area contributed by atoms with E-state index in [2.05, 4.69) is 25.7 Å². The van der Waals surface area contributed by atoms with Gasteiger partial charge in [0.2, 0.25) is 0 Å². The molecular formula is C24H22F4N6O3. The predicted molar refractivity (Wildman–Crippen MR) is 129 cm³/mol. The van der Waals surface area contributed by atoms with Crippen LogP contribution in [0.4, 0.5) is 50.0 Å². The van der Waals surface area contributed by atoms with Gasteiger partial charge in [0.05, 0.1) is 11.9 Å². The van der Waals surface area contributed by atoms with Crippen molar-refractivity contribution >= 4 is 34.9 Å². The van der Waals surface area contributed by atoms with Gasteiger partial charge in [-0.25, -0.2) is 23.4 Å². The molecule has 0 aliphatic carbocycles. The summed E-state index contributed by atoms with van der Waals surface area (Å²) in [6.07, 6.45) is 0.819. The fourth-order valence-electron chi connectivity index (χ4n) is 3.66. The van der Waals surface area contributed by atoms with Crippen molar-refractivity contribution in [2.75, 3.05) is 47.0 Å². The van der Waals surface area contributed by atoms with Crippen molar-refractivity contribution in [3.05, 3.63) is 72.4 Å². The average molecular weight is 518 g/mol. The number of alkyl halides is 2. The molecule has 37 heavy (non-hydrogen) atoms. The average Bonchev–Trinajstić information content (AvgIpc) is 2.87. The van der Waals surface area contributed by atoms with E-state index >= 15 is 0 Å². The van der Waals surface area contributed by atoms with Gasteiger partial charge in [-0.05, 0) is 36.4 Å². The quantitative estimate of drug-likeness (QED) is 0.401. The number of nitrogens with zero attached hydrogens (tertiary/aromatic N) is 3.